The highest BCUT2D eigenvalue weighted by Gasteiger charge is 2.16. The van der Waals surface area contributed by atoms with Gasteiger partial charge in [-0.25, -0.2) is 0 Å². The molecular formula is C13H15NO4. The summed E-state index contributed by atoms with van der Waals surface area (Å²) in [4.78, 5) is 11.6. The van der Waals surface area contributed by atoms with Crippen molar-refractivity contribution in [3.8, 4) is 0 Å². The number of hydrogen-bond donors (Lipinski definition) is 2. The molecule has 0 spiro atoms. The van der Waals surface area contributed by atoms with Crippen molar-refractivity contribution in [2.24, 2.45) is 0 Å². The minimum atomic E-state index is -0.790. The van der Waals surface area contributed by atoms with Crippen LogP contribution in [0.1, 0.15) is 33.7 Å². The van der Waals surface area contributed by atoms with E-state index in [0.29, 0.717) is 11.3 Å². The van der Waals surface area contributed by atoms with Crippen molar-refractivity contribution >= 4 is 5.91 Å². The Morgan fingerprint density at radius 3 is 2.83 bits per heavy atom. The number of aliphatic hydroxyl groups excluding tert-OH is 1. The maximum absolute atomic E-state index is 11.6. The second-order valence-corrected chi connectivity index (χ2v) is 4.07. The second kappa shape index (κ2) is 5.10. The molecule has 0 aliphatic rings. The second-order valence-electron chi connectivity index (χ2n) is 4.07. The topological polar surface area (TPSA) is 75.6 Å². The summed E-state index contributed by atoms with van der Waals surface area (Å²) < 4.78 is 10.3. The van der Waals surface area contributed by atoms with Gasteiger partial charge >= 0.3 is 0 Å². The first-order valence-corrected chi connectivity index (χ1v) is 5.64. The molecule has 2 heterocycles. The summed E-state index contributed by atoms with van der Waals surface area (Å²) >= 11 is 0. The Balaban J connectivity index is 1.94. The van der Waals surface area contributed by atoms with E-state index >= 15 is 0 Å². The summed E-state index contributed by atoms with van der Waals surface area (Å²) in [5, 5.41) is 12.6. The van der Waals surface area contributed by atoms with Crippen LogP contribution in [-0.2, 0) is 0 Å². The van der Waals surface area contributed by atoms with Gasteiger partial charge in [0.25, 0.3) is 5.91 Å². The number of furan rings is 2. The van der Waals surface area contributed by atoms with Crippen molar-refractivity contribution in [1.82, 2.24) is 5.32 Å². The largest absolute Gasteiger partial charge is 0.466 e. The zero-order chi connectivity index (χ0) is 13.1. The smallest absolute Gasteiger partial charge is 0.287 e. The fraction of sp³-hybridized carbons (Fsp3) is 0.308. The Bertz CT molecular complexity index is 527. The van der Waals surface area contributed by atoms with Crippen LogP contribution in [-0.4, -0.2) is 17.6 Å². The molecule has 2 N–H and O–H groups in total. The van der Waals surface area contributed by atoms with Crippen molar-refractivity contribution in [2.45, 2.75) is 20.0 Å². The summed E-state index contributed by atoms with van der Waals surface area (Å²) in [7, 11) is 0. The van der Waals surface area contributed by atoms with Gasteiger partial charge in [-0.1, -0.05) is 0 Å². The minimum Gasteiger partial charge on any atom is -0.466 e. The summed E-state index contributed by atoms with van der Waals surface area (Å²) in [6.45, 7) is 3.70. The van der Waals surface area contributed by atoms with Gasteiger partial charge in [0.2, 0.25) is 0 Å². The molecule has 0 bridgehead atoms. The molecular weight excluding hydrogens is 234 g/mol. The molecule has 0 aliphatic heterocycles. The fourth-order valence-corrected chi connectivity index (χ4v) is 1.78. The van der Waals surface area contributed by atoms with E-state index in [0.717, 1.165) is 5.76 Å². The fourth-order valence-electron chi connectivity index (χ4n) is 1.78. The lowest BCUT2D eigenvalue weighted by molar-refractivity contribution is 0.0888. The lowest BCUT2D eigenvalue weighted by Crippen LogP contribution is -2.28. The van der Waals surface area contributed by atoms with E-state index in [1.807, 2.05) is 6.92 Å². The SMILES string of the molecule is Cc1cc(C(O)CNC(=O)c2ccco2)c(C)o1. The number of nitrogens with one attached hydrogen (secondary N) is 1. The van der Waals surface area contributed by atoms with Crippen molar-refractivity contribution in [1.29, 1.82) is 0 Å². The molecule has 96 valence electrons. The lowest BCUT2D eigenvalue weighted by Gasteiger charge is -2.10. The molecule has 2 rings (SSSR count). The number of hydrogen-bond acceptors (Lipinski definition) is 4. The average molecular weight is 249 g/mol. The zero-order valence-electron chi connectivity index (χ0n) is 10.3. The Kier molecular flexibility index (Phi) is 3.53. The molecule has 0 radical (unpaired) electrons. The van der Waals surface area contributed by atoms with Gasteiger partial charge in [-0.15, -0.1) is 0 Å². The van der Waals surface area contributed by atoms with Crippen LogP contribution in [0.15, 0.2) is 33.3 Å². The van der Waals surface area contributed by atoms with E-state index in [4.69, 9.17) is 8.83 Å². The first-order valence-electron chi connectivity index (χ1n) is 5.64. The highest BCUT2D eigenvalue weighted by Crippen LogP contribution is 2.20. The zero-order valence-corrected chi connectivity index (χ0v) is 10.3. The molecule has 2 aromatic heterocycles. The van der Waals surface area contributed by atoms with Gasteiger partial charge in [0, 0.05) is 12.1 Å². The van der Waals surface area contributed by atoms with Crippen LogP contribution in [0.5, 0.6) is 0 Å². The number of carbonyl (C=O) groups excluding carboxylic acids is 1. The van der Waals surface area contributed by atoms with Crippen molar-refractivity contribution in [3.05, 3.63) is 47.3 Å². The standard InChI is InChI=1S/C13H15NO4/c1-8-6-10(9(2)18-8)11(15)7-14-13(16)12-4-3-5-17-12/h3-6,11,15H,7H2,1-2H3,(H,14,16). The third kappa shape index (κ3) is 2.62. The predicted molar refractivity (Wildman–Crippen MR) is 64.2 cm³/mol. The van der Waals surface area contributed by atoms with Gasteiger partial charge in [0.05, 0.1) is 12.4 Å². The highest BCUT2D eigenvalue weighted by atomic mass is 16.3. The monoisotopic (exact) mass is 249 g/mol. The van der Waals surface area contributed by atoms with E-state index in [1.165, 1.54) is 6.26 Å². The van der Waals surface area contributed by atoms with Crippen molar-refractivity contribution in [3.63, 3.8) is 0 Å². The van der Waals surface area contributed by atoms with Gasteiger partial charge in [-0.2, -0.15) is 0 Å². The number of rotatable bonds is 4. The maximum atomic E-state index is 11.6. The molecule has 5 nitrogen and oxygen atoms in total. The molecule has 0 aromatic carbocycles. The van der Waals surface area contributed by atoms with E-state index in [-0.39, 0.29) is 18.2 Å². The molecule has 1 amide bonds. The third-order valence-electron chi connectivity index (χ3n) is 2.64. The van der Waals surface area contributed by atoms with Crippen LogP contribution in [0.25, 0.3) is 0 Å². The predicted octanol–water partition coefficient (Wildman–Crippen LogP) is 1.95. The summed E-state index contributed by atoms with van der Waals surface area (Å²) in [5.74, 6) is 1.27. The number of aryl methyl sites for hydroxylation is 2. The van der Waals surface area contributed by atoms with E-state index in [9.17, 15) is 9.90 Å². The third-order valence-corrected chi connectivity index (χ3v) is 2.64. The number of aliphatic hydroxyl groups is 1. The summed E-state index contributed by atoms with van der Waals surface area (Å²) in [5.41, 5.74) is 0.687. The van der Waals surface area contributed by atoms with Crippen LogP contribution in [0.4, 0.5) is 0 Å². The van der Waals surface area contributed by atoms with Crippen molar-refractivity contribution in [2.75, 3.05) is 6.54 Å². The van der Waals surface area contributed by atoms with Crippen LogP contribution >= 0.6 is 0 Å². The van der Waals surface area contributed by atoms with Gasteiger partial charge in [0.15, 0.2) is 5.76 Å². The first kappa shape index (κ1) is 12.4. The molecule has 0 fully saturated rings. The van der Waals surface area contributed by atoms with Gasteiger partial charge < -0.3 is 19.3 Å². The van der Waals surface area contributed by atoms with Crippen LogP contribution < -0.4 is 5.32 Å². The van der Waals surface area contributed by atoms with E-state index < -0.39 is 6.10 Å². The molecule has 2 aromatic rings. The Morgan fingerprint density at radius 1 is 1.50 bits per heavy atom. The van der Waals surface area contributed by atoms with Gasteiger partial charge in [-0.3, -0.25) is 4.79 Å². The molecule has 0 saturated carbocycles. The van der Waals surface area contributed by atoms with Gasteiger partial charge in [-0.05, 0) is 32.0 Å². The summed E-state index contributed by atoms with van der Waals surface area (Å²) in [6, 6.07) is 4.96. The molecule has 1 atom stereocenters. The lowest BCUT2D eigenvalue weighted by atomic mass is 10.1. The highest BCUT2D eigenvalue weighted by molar-refractivity contribution is 5.91. The van der Waals surface area contributed by atoms with Gasteiger partial charge in [0.1, 0.15) is 11.5 Å². The average Bonchev–Trinajstić information content (AvgIpc) is 2.95. The normalized spacial score (nSPS) is 12.4. The number of carbonyl (C=O) groups is 1. The van der Waals surface area contributed by atoms with Crippen LogP contribution in [0.2, 0.25) is 0 Å². The molecule has 0 aliphatic carbocycles. The molecule has 0 saturated heterocycles. The Labute approximate surface area is 104 Å². The first-order chi connectivity index (χ1) is 8.58. The summed E-state index contributed by atoms with van der Waals surface area (Å²) in [6.07, 6.45) is 0.635. The molecule has 5 heteroatoms. The molecule has 18 heavy (non-hydrogen) atoms. The van der Waals surface area contributed by atoms with E-state index in [2.05, 4.69) is 5.32 Å². The van der Waals surface area contributed by atoms with Crippen LogP contribution in [0.3, 0.4) is 0 Å². The van der Waals surface area contributed by atoms with Crippen molar-refractivity contribution < 1.29 is 18.7 Å². The Hall–Kier alpha value is -2.01. The quantitative estimate of drug-likeness (QED) is 0.868. The minimum absolute atomic E-state index is 0.110. The maximum Gasteiger partial charge on any atom is 0.287 e. The molecule has 1 unspecified atom stereocenters. The Morgan fingerprint density at radius 2 is 2.28 bits per heavy atom. The van der Waals surface area contributed by atoms with Crippen LogP contribution in [0, 0.1) is 13.8 Å². The van der Waals surface area contributed by atoms with E-state index in [1.54, 1.807) is 25.1 Å². The number of amides is 1.